The Morgan fingerprint density at radius 2 is 1.88 bits per heavy atom. The van der Waals surface area contributed by atoms with Crippen LogP contribution in [0.2, 0.25) is 0 Å². The van der Waals surface area contributed by atoms with E-state index in [4.69, 9.17) is 4.74 Å². The van der Waals surface area contributed by atoms with Crippen molar-refractivity contribution in [2.24, 2.45) is 5.41 Å². The number of methoxy groups -OCH3 is 1. The number of nitrogens with zero attached hydrogens (tertiary/aromatic N) is 4. The molecule has 0 spiro atoms. The maximum Gasteiger partial charge on any atom is 0.225 e. The predicted molar refractivity (Wildman–Crippen MR) is 126 cm³/mol. The summed E-state index contributed by atoms with van der Waals surface area (Å²) in [6.45, 7) is 6.28. The Morgan fingerprint density at radius 3 is 2.53 bits per heavy atom. The molecular weight excluding hydrogens is 435 g/mol. The molecule has 1 fully saturated rings. The van der Waals surface area contributed by atoms with E-state index in [9.17, 15) is 9.18 Å². The number of ether oxygens (including phenoxy) is 1. The van der Waals surface area contributed by atoms with Gasteiger partial charge in [0.25, 0.3) is 0 Å². The molecule has 180 valence electrons. The van der Waals surface area contributed by atoms with E-state index in [1.165, 1.54) is 12.1 Å². The van der Waals surface area contributed by atoms with E-state index in [-0.39, 0.29) is 29.7 Å². The zero-order valence-electron chi connectivity index (χ0n) is 20.0. The largest absolute Gasteiger partial charge is 0.496 e. The lowest BCUT2D eigenvalue weighted by Gasteiger charge is -2.29. The van der Waals surface area contributed by atoms with Crippen molar-refractivity contribution >= 4 is 5.91 Å². The molecule has 3 aromatic rings. The van der Waals surface area contributed by atoms with Crippen molar-refractivity contribution in [2.45, 2.75) is 58.2 Å². The van der Waals surface area contributed by atoms with Gasteiger partial charge in [-0.1, -0.05) is 32.9 Å². The first-order chi connectivity index (χ1) is 16.3. The number of benzene rings is 2. The highest BCUT2D eigenvalue weighted by atomic mass is 19.1. The van der Waals surface area contributed by atoms with Crippen molar-refractivity contribution in [1.29, 1.82) is 0 Å². The first kappa shape index (κ1) is 23.8. The van der Waals surface area contributed by atoms with Gasteiger partial charge in [-0.05, 0) is 59.2 Å². The standard InChI is InChI=1S/C25H31FN6O2/c1-25(2,3)24(33)29-21-11-10-20(23(21)16-5-7-18(26)8-6-16)27-14-17-13-19(9-12-22(17)34-4)32-15-28-30-31-32/h5-9,12-13,15,20-21,23,27H,10-11,14H2,1-4H3,(H,29,33). The second kappa shape index (κ2) is 9.89. The number of hydrogen-bond acceptors (Lipinski definition) is 6. The van der Waals surface area contributed by atoms with Crippen LogP contribution in [-0.2, 0) is 11.3 Å². The lowest BCUT2D eigenvalue weighted by molar-refractivity contribution is -0.129. The molecule has 0 aliphatic heterocycles. The molecule has 3 atom stereocenters. The van der Waals surface area contributed by atoms with Gasteiger partial charge in [0.05, 0.1) is 12.8 Å². The molecule has 0 bridgehead atoms. The zero-order valence-corrected chi connectivity index (χ0v) is 20.0. The number of amides is 1. The molecule has 34 heavy (non-hydrogen) atoms. The molecule has 1 aromatic heterocycles. The van der Waals surface area contributed by atoms with Gasteiger partial charge in [-0.25, -0.2) is 9.07 Å². The molecule has 2 N–H and O–H groups in total. The first-order valence-corrected chi connectivity index (χ1v) is 11.5. The first-order valence-electron chi connectivity index (χ1n) is 11.5. The van der Waals surface area contributed by atoms with E-state index in [2.05, 4.69) is 26.2 Å². The molecule has 1 amide bonds. The lowest BCUT2D eigenvalue weighted by atomic mass is 9.89. The van der Waals surface area contributed by atoms with Crippen LogP contribution >= 0.6 is 0 Å². The number of rotatable bonds is 7. The highest BCUT2D eigenvalue weighted by Gasteiger charge is 2.39. The van der Waals surface area contributed by atoms with Gasteiger partial charge in [-0.3, -0.25) is 4.79 Å². The molecule has 2 aromatic carbocycles. The van der Waals surface area contributed by atoms with Crippen LogP contribution in [0.15, 0.2) is 48.8 Å². The minimum absolute atomic E-state index is 0.0144. The quantitative estimate of drug-likeness (QED) is 0.555. The fraction of sp³-hybridized carbons (Fsp3) is 0.440. The SMILES string of the molecule is COc1ccc(-n2cnnn2)cc1CNC1CCC(NC(=O)C(C)(C)C)C1c1ccc(F)cc1. The van der Waals surface area contributed by atoms with E-state index < -0.39 is 5.41 Å². The monoisotopic (exact) mass is 466 g/mol. The van der Waals surface area contributed by atoms with Gasteiger partial charge in [0, 0.05) is 35.5 Å². The zero-order chi connectivity index (χ0) is 24.3. The van der Waals surface area contributed by atoms with Crippen LogP contribution in [0.4, 0.5) is 4.39 Å². The van der Waals surface area contributed by atoms with E-state index in [1.54, 1.807) is 18.1 Å². The van der Waals surface area contributed by atoms with Crippen LogP contribution in [0, 0.1) is 11.2 Å². The fourth-order valence-electron chi connectivity index (χ4n) is 4.49. The predicted octanol–water partition coefficient (Wildman–Crippen LogP) is 3.38. The van der Waals surface area contributed by atoms with Gasteiger partial charge < -0.3 is 15.4 Å². The maximum absolute atomic E-state index is 13.6. The van der Waals surface area contributed by atoms with Crippen molar-refractivity contribution < 1.29 is 13.9 Å². The molecule has 9 heteroatoms. The lowest BCUT2D eigenvalue weighted by Crippen LogP contribution is -2.45. The fourth-order valence-corrected chi connectivity index (χ4v) is 4.49. The number of halogens is 1. The number of tetrazole rings is 1. The summed E-state index contributed by atoms with van der Waals surface area (Å²) in [5.74, 6) is 0.519. The summed E-state index contributed by atoms with van der Waals surface area (Å²) in [6.07, 6.45) is 3.26. The van der Waals surface area contributed by atoms with E-state index >= 15 is 0 Å². The van der Waals surface area contributed by atoms with Gasteiger partial charge in [0.15, 0.2) is 0 Å². The molecule has 1 aliphatic carbocycles. The topological polar surface area (TPSA) is 94.0 Å². The summed E-state index contributed by atoms with van der Waals surface area (Å²) in [4.78, 5) is 12.7. The van der Waals surface area contributed by atoms with Gasteiger partial charge in [0.2, 0.25) is 5.91 Å². The number of carbonyl (C=O) groups excluding carboxylic acids is 1. The summed E-state index contributed by atoms with van der Waals surface area (Å²) in [6, 6.07) is 12.4. The average Bonchev–Trinajstić information content (AvgIpc) is 3.48. The van der Waals surface area contributed by atoms with Gasteiger partial charge in [0.1, 0.15) is 17.9 Å². The Morgan fingerprint density at radius 1 is 1.15 bits per heavy atom. The van der Waals surface area contributed by atoms with Crippen molar-refractivity contribution in [1.82, 2.24) is 30.8 Å². The van der Waals surface area contributed by atoms with Crippen LogP contribution in [0.3, 0.4) is 0 Å². The van der Waals surface area contributed by atoms with Gasteiger partial charge >= 0.3 is 0 Å². The molecule has 3 unspecified atom stereocenters. The van der Waals surface area contributed by atoms with Gasteiger partial charge in [-0.2, -0.15) is 0 Å². The van der Waals surface area contributed by atoms with Crippen molar-refractivity contribution in [2.75, 3.05) is 7.11 Å². The third-order valence-electron chi connectivity index (χ3n) is 6.34. The molecule has 8 nitrogen and oxygen atoms in total. The molecule has 1 aliphatic rings. The highest BCUT2D eigenvalue weighted by Crippen LogP contribution is 2.36. The Balaban J connectivity index is 1.56. The van der Waals surface area contributed by atoms with Crippen molar-refractivity contribution in [3.63, 3.8) is 0 Å². The molecule has 4 rings (SSSR count). The third kappa shape index (κ3) is 5.25. The number of aromatic nitrogens is 4. The molecule has 1 saturated carbocycles. The van der Waals surface area contributed by atoms with Crippen LogP contribution in [-0.4, -0.2) is 45.3 Å². The summed E-state index contributed by atoms with van der Waals surface area (Å²) in [7, 11) is 1.64. The molecular formula is C25H31FN6O2. The summed E-state index contributed by atoms with van der Waals surface area (Å²) in [5, 5.41) is 18.3. The number of hydrogen-bond donors (Lipinski definition) is 2. The Bertz CT molecular complexity index is 1110. The molecule has 1 heterocycles. The highest BCUT2D eigenvalue weighted by molar-refractivity contribution is 5.81. The second-order valence-electron chi connectivity index (χ2n) is 9.72. The minimum Gasteiger partial charge on any atom is -0.496 e. The maximum atomic E-state index is 13.6. The van der Waals surface area contributed by atoms with Crippen LogP contribution in [0.25, 0.3) is 5.69 Å². The summed E-state index contributed by atoms with van der Waals surface area (Å²) < 4.78 is 20.8. The normalized spacial score (nSPS) is 20.3. The average molecular weight is 467 g/mol. The smallest absolute Gasteiger partial charge is 0.225 e. The Kier molecular flexibility index (Phi) is 6.92. The molecule has 0 radical (unpaired) electrons. The minimum atomic E-state index is -0.483. The van der Waals surface area contributed by atoms with Crippen LogP contribution < -0.4 is 15.4 Å². The number of nitrogens with one attached hydrogen (secondary N) is 2. The Hall–Kier alpha value is -3.33. The van der Waals surface area contributed by atoms with Crippen molar-refractivity contribution in [3.05, 3.63) is 65.7 Å². The second-order valence-corrected chi connectivity index (χ2v) is 9.72. The van der Waals surface area contributed by atoms with Gasteiger partial charge in [-0.15, -0.1) is 5.10 Å². The Labute approximate surface area is 198 Å². The molecule has 0 saturated heterocycles. The van der Waals surface area contributed by atoms with Crippen LogP contribution in [0.1, 0.15) is 50.7 Å². The van der Waals surface area contributed by atoms with E-state index in [1.807, 2.05) is 51.1 Å². The summed E-state index contributed by atoms with van der Waals surface area (Å²) >= 11 is 0. The van der Waals surface area contributed by atoms with E-state index in [0.29, 0.717) is 6.54 Å². The van der Waals surface area contributed by atoms with Crippen molar-refractivity contribution in [3.8, 4) is 11.4 Å². The summed E-state index contributed by atoms with van der Waals surface area (Å²) in [5.41, 5.74) is 2.32. The third-order valence-corrected chi connectivity index (χ3v) is 6.34. The van der Waals surface area contributed by atoms with E-state index in [0.717, 1.165) is 35.4 Å². The number of carbonyl (C=O) groups is 1. The van der Waals surface area contributed by atoms with Crippen LogP contribution in [0.5, 0.6) is 5.75 Å².